The van der Waals surface area contributed by atoms with Gasteiger partial charge in [0.25, 0.3) is 0 Å². The second kappa shape index (κ2) is 5.04. The summed E-state index contributed by atoms with van der Waals surface area (Å²) in [5.41, 5.74) is 1.09. The minimum atomic E-state index is -0.281. The van der Waals surface area contributed by atoms with Gasteiger partial charge in [0.2, 0.25) is 5.78 Å². The minimum Gasteiger partial charge on any atom is -0.485 e. The lowest BCUT2D eigenvalue weighted by atomic mass is 10.2. The summed E-state index contributed by atoms with van der Waals surface area (Å²) in [6, 6.07) is 7.96. The summed E-state index contributed by atoms with van der Waals surface area (Å²) in [5, 5.41) is 0. The van der Waals surface area contributed by atoms with Crippen molar-refractivity contribution in [3.05, 3.63) is 53.6 Å². The molecule has 4 heteroatoms. The van der Waals surface area contributed by atoms with Gasteiger partial charge in [-0.3, -0.25) is 4.79 Å². The largest absolute Gasteiger partial charge is 0.485 e. The molecule has 0 bridgehead atoms. The standard InChI is InChI=1S/C14H14FNO2/c1-10-8-11(5-6-12(10)15)18-9-14(17)13-4-3-7-16(13)2/h3-8H,9H2,1-2H3. The van der Waals surface area contributed by atoms with Crippen molar-refractivity contribution in [3.63, 3.8) is 0 Å². The number of carbonyl (C=O) groups is 1. The molecule has 0 atom stereocenters. The van der Waals surface area contributed by atoms with Gasteiger partial charge >= 0.3 is 0 Å². The highest BCUT2D eigenvalue weighted by atomic mass is 19.1. The zero-order valence-corrected chi connectivity index (χ0v) is 10.3. The number of aryl methyl sites for hydroxylation is 2. The monoisotopic (exact) mass is 247 g/mol. The number of nitrogens with zero attached hydrogens (tertiary/aromatic N) is 1. The Kier molecular flexibility index (Phi) is 3.46. The van der Waals surface area contributed by atoms with Crippen molar-refractivity contribution >= 4 is 5.78 Å². The highest BCUT2D eigenvalue weighted by Gasteiger charge is 2.10. The van der Waals surface area contributed by atoms with Gasteiger partial charge in [0.1, 0.15) is 11.6 Å². The summed E-state index contributed by atoms with van der Waals surface area (Å²) in [6.07, 6.45) is 1.80. The maximum atomic E-state index is 13.0. The van der Waals surface area contributed by atoms with Crippen molar-refractivity contribution in [2.75, 3.05) is 6.61 Å². The van der Waals surface area contributed by atoms with Crippen LogP contribution in [-0.2, 0) is 7.05 Å². The van der Waals surface area contributed by atoms with Gasteiger partial charge in [0.05, 0.1) is 5.69 Å². The number of carbonyl (C=O) groups excluding carboxylic acids is 1. The number of rotatable bonds is 4. The Morgan fingerprint density at radius 1 is 1.39 bits per heavy atom. The van der Waals surface area contributed by atoms with Crippen LogP contribution >= 0.6 is 0 Å². The molecule has 1 heterocycles. The molecule has 0 spiro atoms. The molecule has 0 amide bonds. The Balaban J connectivity index is 2.02. The first-order valence-electron chi connectivity index (χ1n) is 5.61. The quantitative estimate of drug-likeness (QED) is 0.778. The number of ether oxygens (including phenoxy) is 1. The number of Topliss-reactive ketones (excluding diaryl/α,β-unsaturated/α-hetero) is 1. The van der Waals surface area contributed by atoms with Gasteiger partial charge in [-0.15, -0.1) is 0 Å². The van der Waals surface area contributed by atoms with Gasteiger partial charge in [-0.05, 0) is 42.8 Å². The first-order valence-corrected chi connectivity index (χ1v) is 5.61. The molecule has 0 radical (unpaired) electrons. The molecule has 0 aliphatic carbocycles. The maximum absolute atomic E-state index is 13.0. The summed E-state index contributed by atoms with van der Waals surface area (Å²) >= 11 is 0. The predicted octanol–water partition coefficient (Wildman–Crippen LogP) is 2.73. The molecule has 0 fully saturated rings. The third kappa shape index (κ3) is 2.59. The third-order valence-corrected chi connectivity index (χ3v) is 2.73. The highest BCUT2D eigenvalue weighted by molar-refractivity contribution is 5.95. The molecule has 1 aromatic heterocycles. The Bertz CT molecular complexity index is 575. The molecule has 2 rings (SSSR count). The predicted molar refractivity (Wildman–Crippen MR) is 66.4 cm³/mol. The van der Waals surface area contributed by atoms with Crippen molar-refractivity contribution in [2.24, 2.45) is 7.05 Å². The van der Waals surface area contributed by atoms with Crippen LogP contribution in [0.4, 0.5) is 4.39 Å². The SMILES string of the molecule is Cc1cc(OCC(=O)c2cccn2C)ccc1F. The zero-order valence-electron chi connectivity index (χ0n) is 10.3. The van der Waals surface area contributed by atoms with E-state index in [-0.39, 0.29) is 18.2 Å². The molecule has 0 aliphatic heterocycles. The van der Waals surface area contributed by atoms with Crippen LogP contribution < -0.4 is 4.74 Å². The van der Waals surface area contributed by atoms with Gasteiger partial charge in [-0.2, -0.15) is 0 Å². The van der Waals surface area contributed by atoms with Gasteiger partial charge in [0.15, 0.2) is 6.61 Å². The normalized spacial score (nSPS) is 10.4. The Morgan fingerprint density at radius 2 is 2.17 bits per heavy atom. The van der Waals surface area contributed by atoms with Gasteiger partial charge in [-0.25, -0.2) is 4.39 Å². The maximum Gasteiger partial charge on any atom is 0.216 e. The fourth-order valence-corrected chi connectivity index (χ4v) is 1.68. The molecule has 0 N–H and O–H groups in total. The summed E-state index contributed by atoms with van der Waals surface area (Å²) in [6.45, 7) is 1.60. The molecular formula is C14H14FNO2. The van der Waals surface area contributed by atoms with Crippen LogP contribution in [0.15, 0.2) is 36.5 Å². The fourth-order valence-electron chi connectivity index (χ4n) is 1.68. The van der Waals surface area contributed by atoms with Crippen LogP contribution in [0.2, 0.25) is 0 Å². The molecule has 18 heavy (non-hydrogen) atoms. The van der Waals surface area contributed by atoms with Crippen LogP contribution in [0.3, 0.4) is 0 Å². The average molecular weight is 247 g/mol. The first-order chi connectivity index (χ1) is 8.58. The van der Waals surface area contributed by atoms with E-state index in [4.69, 9.17) is 4.74 Å². The van der Waals surface area contributed by atoms with Crippen LogP contribution in [0, 0.1) is 12.7 Å². The molecule has 0 aliphatic rings. The van der Waals surface area contributed by atoms with Crippen molar-refractivity contribution in [1.29, 1.82) is 0 Å². The number of benzene rings is 1. The minimum absolute atomic E-state index is 0.0527. The Labute approximate surface area is 105 Å². The van der Waals surface area contributed by atoms with Crippen molar-refractivity contribution in [1.82, 2.24) is 4.57 Å². The summed E-state index contributed by atoms with van der Waals surface area (Å²) < 4.78 is 20.1. The number of hydrogen-bond donors (Lipinski definition) is 0. The van der Waals surface area contributed by atoms with Crippen molar-refractivity contribution in [2.45, 2.75) is 6.92 Å². The smallest absolute Gasteiger partial charge is 0.216 e. The van der Waals surface area contributed by atoms with E-state index in [1.165, 1.54) is 12.1 Å². The Morgan fingerprint density at radius 3 is 2.78 bits per heavy atom. The molecule has 2 aromatic rings. The second-order valence-corrected chi connectivity index (χ2v) is 4.13. The highest BCUT2D eigenvalue weighted by Crippen LogP contribution is 2.16. The zero-order chi connectivity index (χ0) is 13.1. The first kappa shape index (κ1) is 12.4. The Hall–Kier alpha value is -2.10. The van der Waals surface area contributed by atoms with E-state index in [0.717, 1.165) is 0 Å². The van der Waals surface area contributed by atoms with Crippen LogP contribution in [0.5, 0.6) is 5.75 Å². The molecule has 0 saturated carbocycles. The lowest BCUT2D eigenvalue weighted by Gasteiger charge is -2.07. The van der Waals surface area contributed by atoms with E-state index in [1.54, 1.807) is 42.9 Å². The summed E-state index contributed by atoms with van der Waals surface area (Å²) in [7, 11) is 1.80. The van der Waals surface area contributed by atoms with E-state index in [9.17, 15) is 9.18 Å². The van der Waals surface area contributed by atoms with E-state index in [1.807, 2.05) is 0 Å². The van der Waals surface area contributed by atoms with Crippen molar-refractivity contribution in [3.8, 4) is 5.75 Å². The molecule has 3 nitrogen and oxygen atoms in total. The van der Waals surface area contributed by atoms with Crippen LogP contribution in [0.25, 0.3) is 0 Å². The summed E-state index contributed by atoms with van der Waals surface area (Å²) in [5.74, 6) is 0.108. The fraction of sp³-hybridized carbons (Fsp3) is 0.214. The number of ketones is 1. The van der Waals surface area contributed by atoms with Crippen molar-refractivity contribution < 1.29 is 13.9 Å². The lowest BCUT2D eigenvalue weighted by molar-refractivity contribution is 0.0913. The van der Waals surface area contributed by atoms with E-state index in [0.29, 0.717) is 17.0 Å². The van der Waals surface area contributed by atoms with E-state index >= 15 is 0 Å². The van der Waals surface area contributed by atoms with Crippen LogP contribution in [-0.4, -0.2) is 17.0 Å². The molecular weight excluding hydrogens is 233 g/mol. The van der Waals surface area contributed by atoms with Crippen LogP contribution in [0.1, 0.15) is 16.1 Å². The number of hydrogen-bond acceptors (Lipinski definition) is 2. The summed E-state index contributed by atoms with van der Waals surface area (Å²) in [4.78, 5) is 11.8. The molecule has 0 unspecified atom stereocenters. The topological polar surface area (TPSA) is 31.2 Å². The number of aromatic nitrogens is 1. The van der Waals surface area contributed by atoms with Gasteiger partial charge < -0.3 is 9.30 Å². The second-order valence-electron chi connectivity index (χ2n) is 4.13. The van der Waals surface area contributed by atoms with Gasteiger partial charge in [0, 0.05) is 13.2 Å². The number of halogens is 1. The molecule has 94 valence electrons. The third-order valence-electron chi connectivity index (χ3n) is 2.73. The molecule has 1 aromatic carbocycles. The van der Waals surface area contributed by atoms with E-state index in [2.05, 4.69) is 0 Å². The van der Waals surface area contributed by atoms with E-state index < -0.39 is 0 Å². The van der Waals surface area contributed by atoms with Gasteiger partial charge in [-0.1, -0.05) is 0 Å². The molecule has 0 saturated heterocycles. The average Bonchev–Trinajstić information content (AvgIpc) is 2.77. The lowest BCUT2D eigenvalue weighted by Crippen LogP contribution is -2.14.